The predicted molar refractivity (Wildman–Crippen MR) is 128 cm³/mol. The molecule has 35 heavy (non-hydrogen) atoms. The Balaban J connectivity index is 1.62. The Morgan fingerprint density at radius 1 is 0.771 bits per heavy atom. The zero-order chi connectivity index (χ0) is 25.1. The lowest BCUT2D eigenvalue weighted by atomic mass is 10.2. The highest BCUT2D eigenvalue weighted by molar-refractivity contribution is 7.89. The van der Waals surface area contributed by atoms with E-state index >= 15 is 0 Å². The summed E-state index contributed by atoms with van der Waals surface area (Å²) in [6, 6.07) is 16.1. The Morgan fingerprint density at radius 3 is 2.00 bits per heavy atom. The highest BCUT2D eigenvalue weighted by Gasteiger charge is 2.28. The van der Waals surface area contributed by atoms with Crippen LogP contribution in [0, 0.1) is 11.6 Å². The van der Waals surface area contributed by atoms with Gasteiger partial charge >= 0.3 is 0 Å². The van der Waals surface area contributed by atoms with Gasteiger partial charge in [0.15, 0.2) is 0 Å². The van der Waals surface area contributed by atoms with E-state index in [9.17, 15) is 25.6 Å². The second kappa shape index (κ2) is 10.5. The summed E-state index contributed by atoms with van der Waals surface area (Å²) < 4.78 is 83.9. The summed E-state index contributed by atoms with van der Waals surface area (Å²) in [7, 11) is -7.93. The number of rotatable bonds is 9. The minimum Gasteiger partial charge on any atom is -0.208 e. The van der Waals surface area contributed by atoms with Crippen molar-refractivity contribution in [2.75, 3.05) is 0 Å². The van der Waals surface area contributed by atoms with E-state index in [1.165, 1.54) is 66.7 Å². The molecule has 3 aromatic rings. The van der Waals surface area contributed by atoms with E-state index in [-0.39, 0.29) is 34.5 Å². The van der Waals surface area contributed by atoms with Gasteiger partial charge < -0.3 is 0 Å². The van der Waals surface area contributed by atoms with E-state index in [4.69, 9.17) is 0 Å². The van der Waals surface area contributed by atoms with Gasteiger partial charge in [0, 0.05) is 24.7 Å². The van der Waals surface area contributed by atoms with Crippen molar-refractivity contribution < 1.29 is 25.6 Å². The summed E-state index contributed by atoms with van der Waals surface area (Å²) in [5.74, 6) is -1.01. The number of halogens is 2. The smallest absolute Gasteiger partial charge is 0.208 e. The SMILES string of the molecule is O=S(=O)(NC1CCCC1)c1ccc(S(=O)(=O)N(Cc2ccc(F)cc2)Cc2ccccc2F)cc1. The van der Waals surface area contributed by atoms with Crippen LogP contribution in [-0.2, 0) is 33.1 Å². The fraction of sp³-hybridized carbons (Fsp3) is 0.280. The molecule has 0 unspecified atom stereocenters. The number of sulfonamides is 2. The molecule has 186 valence electrons. The Bertz CT molecular complexity index is 1370. The first-order chi connectivity index (χ1) is 16.6. The third-order valence-corrected chi connectivity index (χ3v) is 9.37. The van der Waals surface area contributed by atoms with Crippen molar-refractivity contribution in [1.29, 1.82) is 0 Å². The minimum absolute atomic E-state index is 0.0254. The Kier molecular flexibility index (Phi) is 7.65. The molecule has 1 saturated carbocycles. The summed E-state index contributed by atoms with van der Waals surface area (Å²) >= 11 is 0. The third-order valence-electron chi connectivity index (χ3n) is 6.03. The molecule has 0 aromatic heterocycles. The number of nitrogens with zero attached hydrogens (tertiary/aromatic N) is 1. The van der Waals surface area contributed by atoms with Crippen LogP contribution in [0.3, 0.4) is 0 Å². The molecule has 10 heteroatoms. The molecule has 0 spiro atoms. The van der Waals surface area contributed by atoms with E-state index in [0.717, 1.165) is 30.0 Å². The van der Waals surface area contributed by atoms with Gasteiger partial charge in [0.1, 0.15) is 11.6 Å². The highest BCUT2D eigenvalue weighted by Crippen LogP contribution is 2.25. The van der Waals surface area contributed by atoms with Gasteiger partial charge in [0.05, 0.1) is 9.79 Å². The molecule has 1 aliphatic rings. The monoisotopic (exact) mass is 520 g/mol. The number of nitrogens with one attached hydrogen (secondary N) is 1. The Morgan fingerprint density at radius 2 is 1.37 bits per heavy atom. The molecule has 0 radical (unpaired) electrons. The van der Waals surface area contributed by atoms with Crippen LogP contribution in [-0.4, -0.2) is 27.2 Å². The first kappa shape index (κ1) is 25.4. The summed E-state index contributed by atoms with van der Waals surface area (Å²) in [6.45, 7) is -0.379. The van der Waals surface area contributed by atoms with Gasteiger partial charge in [-0.15, -0.1) is 0 Å². The topological polar surface area (TPSA) is 83.5 Å². The van der Waals surface area contributed by atoms with Crippen molar-refractivity contribution in [3.63, 3.8) is 0 Å². The standard InChI is InChI=1S/C25H26F2N2O4S2/c26-21-11-9-19(10-12-21)17-29(18-20-5-1-4-8-25(20)27)35(32,33)24-15-13-23(14-16-24)34(30,31)28-22-6-2-3-7-22/h1,4-5,8-16,22,28H,2-3,6-7,17-18H2. The molecule has 4 rings (SSSR count). The third kappa shape index (κ3) is 6.13. The van der Waals surface area contributed by atoms with Crippen LogP contribution in [0.2, 0.25) is 0 Å². The molecule has 0 saturated heterocycles. The van der Waals surface area contributed by atoms with Crippen LogP contribution in [0.4, 0.5) is 8.78 Å². The van der Waals surface area contributed by atoms with Gasteiger partial charge in [0.2, 0.25) is 20.0 Å². The average molecular weight is 521 g/mol. The van der Waals surface area contributed by atoms with Gasteiger partial charge in [-0.05, 0) is 60.9 Å². The fourth-order valence-corrected chi connectivity index (χ4v) is 6.82. The normalized spacial score (nSPS) is 15.1. The number of benzene rings is 3. The first-order valence-electron chi connectivity index (χ1n) is 11.3. The molecular weight excluding hydrogens is 494 g/mol. The van der Waals surface area contributed by atoms with Crippen molar-refractivity contribution >= 4 is 20.0 Å². The van der Waals surface area contributed by atoms with Crippen LogP contribution in [0.5, 0.6) is 0 Å². The van der Waals surface area contributed by atoms with Crippen LogP contribution in [0.15, 0.2) is 82.6 Å². The molecule has 1 fully saturated rings. The fourth-order valence-electron chi connectivity index (χ4n) is 4.11. The van der Waals surface area contributed by atoms with Crippen LogP contribution >= 0.6 is 0 Å². The van der Waals surface area contributed by atoms with E-state index in [2.05, 4.69) is 4.72 Å². The van der Waals surface area contributed by atoms with Crippen molar-refractivity contribution in [3.8, 4) is 0 Å². The molecular formula is C25H26F2N2O4S2. The molecule has 0 bridgehead atoms. The molecule has 1 aliphatic carbocycles. The number of hydrogen-bond donors (Lipinski definition) is 1. The molecule has 0 amide bonds. The molecule has 1 N–H and O–H groups in total. The lowest BCUT2D eigenvalue weighted by molar-refractivity contribution is 0.393. The Labute approximate surface area is 204 Å². The van der Waals surface area contributed by atoms with E-state index in [1.54, 1.807) is 6.07 Å². The number of hydrogen-bond acceptors (Lipinski definition) is 4. The second-order valence-corrected chi connectivity index (χ2v) is 12.2. The molecule has 6 nitrogen and oxygen atoms in total. The maximum Gasteiger partial charge on any atom is 0.243 e. The zero-order valence-corrected chi connectivity index (χ0v) is 20.5. The summed E-state index contributed by atoms with van der Waals surface area (Å²) in [5, 5.41) is 0. The summed E-state index contributed by atoms with van der Waals surface area (Å²) in [5.41, 5.74) is 0.699. The van der Waals surface area contributed by atoms with E-state index in [1.807, 2.05) is 0 Å². The van der Waals surface area contributed by atoms with Crippen LogP contribution in [0.1, 0.15) is 36.8 Å². The molecule has 0 aliphatic heterocycles. The lowest BCUT2D eigenvalue weighted by Crippen LogP contribution is -2.33. The summed E-state index contributed by atoms with van der Waals surface area (Å²) in [4.78, 5) is -0.154. The first-order valence-corrected chi connectivity index (χ1v) is 14.2. The highest BCUT2D eigenvalue weighted by atomic mass is 32.2. The van der Waals surface area contributed by atoms with Gasteiger partial charge in [-0.25, -0.2) is 30.3 Å². The van der Waals surface area contributed by atoms with Crippen molar-refractivity contribution in [3.05, 3.63) is 95.6 Å². The van der Waals surface area contributed by atoms with E-state index in [0.29, 0.717) is 5.56 Å². The van der Waals surface area contributed by atoms with Gasteiger partial charge in [-0.2, -0.15) is 4.31 Å². The second-order valence-electron chi connectivity index (χ2n) is 8.57. The molecule has 0 atom stereocenters. The lowest BCUT2D eigenvalue weighted by Gasteiger charge is -2.23. The van der Waals surface area contributed by atoms with E-state index < -0.39 is 31.7 Å². The van der Waals surface area contributed by atoms with Crippen molar-refractivity contribution in [2.45, 2.75) is 54.6 Å². The van der Waals surface area contributed by atoms with Gasteiger partial charge in [-0.1, -0.05) is 43.2 Å². The van der Waals surface area contributed by atoms with Crippen LogP contribution < -0.4 is 4.72 Å². The maximum absolute atomic E-state index is 14.3. The predicted octanol–water partition coefficient (Wildman–Crippen LogP) is 4.58. The zero-order valence-electron chi connectivity index (χ0n) is 18.9. The van der Waals surface area contributed by atoms with Crippen molar-refractivity contribution in [2.24, 2.45) is 0 Å². The summed E-state index contributed by atoms with van der Waals surface area (Å²) in [6.07, 6.45) is 3.49. The molecule has 3 aromatic carbocycles. The minimum atomic E-state index is -4.15. The van der Waals surface area contributed by atoms with Crippen molar-refractivity contribution in [1.82, 2.24) is 9.03 Å². The van der Waals surface area contributed by atoms with Gasteiger partial charge in [0.25, 0.3) is 0 Å². The Hall–Kier alpha value is -2.66. The largest absolute Gasteiger partial charge is 0.243 e. The quantitative estimate of drug-likeness (QED) is 0.448. The average Bonchev–Trinajstić information content (AvgIpc) is 3.34. The molecule has 0 heterocycles. The van der Waals surface area contributed by atoms with Gasteiger partial charge in [-0.3, -0.25) is 0 Å². The van der Waals surface area contributed by atoms with Crippen LogP contribution in [0.25, 0.3) is 0 Å². The maximum atomic E-state index is 14.3.